The Morgan fingerprint density at radius 1 is 0.837 bits per heavy atom. The van der Waals surface area contributed by atoms with E-state index >= 15 is 0 Å². The first-order chi connectivity index (χ1) is 21.0. The highest BCUT2D eigenvalue weighted by Gasteiger charge is 2.28. The van der Waals surface area contributed by atoms with E-state index in [1.807, 2.05) is 84.9 Å². The van der Waals surface area contributed by atoms with Gasteiger partial charge < -0.3 is 20.4 Å². The van der Waals surface area contributed by atoms with Gasteiger partial charge in [-0.05, 0) is 66.3 Å². The molecule has 1 unspecified atom stereocenters. The minimum Gasteiger partial charge on any atom is -0.372 e. The van der Waals surface area contributed by atoms with Crippen LogP contribution in [-0.4, -0.2) is 56.0 Å². The van der Waals surface area contributed by atoms with Crippen molar-refractivity contribution < 1.29 is 9.59 Å². The summed E-state index contributed by atoms with van der Waals surface area (Å²) in [7, 11) is 2.15. The summed E-state index contributed by atoms with van der Waals surface area (Å²) in [6.45, 7) is 5.42. The van der Waals surface area contributed by atoms with Crippen molar-refractivity contribution in [3.63, 3.8) is 0 Å². The van der Waals surface area contributed by atoms with E-state index in [1.54, 1.807) is 0 Å². The van der Waals surface area contributed by atoms with Crippen LogP contribution in [-0.2, 0) is 4.79 Å². The molecule has 1 fully saturated rings. The van der Waals surface area contributed by atoms with Gasteiger partial charge in [0.1, 0.15) is 0 Å². The van der Waals surface area contributed by atoms with Crippen LogP contribution in [0.2, 0.25) is 0 Å². The molecule has 4 aromatic rings. The highest BCUT2D eigenvalue weighted by Crippen LogP contribution is 2.27. The molecule has 1 heterocycles. The fraction of sp³-hybridized carbons (Fsp3) is 0.297. The number of nitrogens with one attached hydrogen (secondary N) is 2. The van der Waals surface area contributed by atoms with Gasteiger partial charge in [-0.2, -0.15) is 0 Å². The number of nitrogens with zero attached hydrogens (tertiary/aromatic N) is 2. The van der Waals surface area contributed by atoms with Gasteiger partial charge in [0.05, 0.1) is 5.92 Å². The van der Waals surface area contributed by atoms with E-state index in [2.05, 4.69) is 58.7 Å². The van der Waals surface area contributed by atoms with Crippen molar-refractivity contribution in [3.05, 3.63) is 120 Å². The van der Waals surface area contributed by atoms with Crippen molar-refractivity contribution >= 4 is 23.2 Å². The summed E-state index contributed by atoms with van der Waals surface area (Å²) in [5.74, 6) is -0.169. The zero-order valence-corrected chi connectivity index (χ0v) is 25.2. The zero-order valence-electron chi connectivity index (χ0n) is 25.2. The maximum absolute atomic E-state index is 13.2. The Labute approximate surface area is 255 Å². The Bertz CT molecular complexity index is 1470. The first-order valence-electron chi connectivity index (χ1n) is 15.4. The van der Waals surface area contributed by atoms with Gasteiger partial charge in [-0.15, -0.1) is 0 Å². The summed E-state index contributed by atoms with van der Waals surface area (Å²) >= 11 is 0. The van der Waals surface area contributed by atoms with Crippen LogP contribution >= 0.6 is 0 Å². The Hall–Kier alpha value is -4.42. The average molecular weight is 575 g/mol. The van der Waals surface area contributed by atoms with E-state index < -0.39 is 0 Å². The number of carbonyl (C=O) groups excluding carboxylic acids is 2. The first-order valence-corrected chi connectivity index (χ1v) is 15.4. The highest BCUT2D eigenvalue weighted by atomic mass is 16.2. The van der Waals surface area contributed by atoms with E-state index in [1.165, 1.54) is 0 Å². The van der Waals surface area contributed by atoms with Crippen molar-refractivity contribution in [1.82, 2.24) is 10.2 Å². The third-order valence-corrected chi connectivity index (χ3v) is 8.40. The van der Waals surface area contributed by atoms with E-state index in [-0.39, 0.29) is 17.7 Å². The fourth-order valence-electron chi connectivity index (χ4n) is 5.88. The molecule has 0 aromatic heterocycles. The number of hydrogen-bond donors (Lipinski definition) is 2. The molecule has 0 radical (unpaired) electrons. The third kappa shape index (κ3) is 7.70. The number of hydrogen-bond acceptors (Lipinski definition) is 4. The van der Waals surface area contributed by atoms with Gasteiger partial charge >= 0.3 is 0 Å². The zero-order chi connectivity index (χ0) is 30.0. The molecule has 1 saturated heterocycles. The van der Waals surface area contributed by atoms with Crippen LogP contribution < -0.4 is 15.5 Å². The van der Waals surface area contributed by atoms with Crippen LogP contribution in [0.3, 0.4) is 0 Å². The molecule has 0 bridgehead atoms. The summed E-state index contributed by atoms with van der Waals surface area (Å²) in [6, 6.07) is 36.4. The van der Waals surface area contributed by atoms with Crippen LogP contribution in [0, 0.1) is 0 Å². The van der Waals surface area contributed by atoms with Crippen molar-refractivity contribution in [1.29, 1.82) is 0 Å². The number of amides is 2. The molecule has 0 spiro atoms. The number of rotatable bonds is 11. The average Bonchev–Trinajstić information content (AvgIpc) is 3.07. The van der Waals surface area contributed by atoms with Crippen molar-refractivity contribution in [2.24, 2.45) is 0 Å². The van der Waals surface area contributed by atoms with Gasteiger partial charge in [-0.25, -0.2) is 0 Å². The second kappa shape index (κ2) is 14.7. The van der Waals surface area contributed by atoms with Crippen LogP contribution in [0.1, 0.15) is 48.0 Å². The lowest BCUT2D eigenvalue weighted by Crippen LogP contribution is -2.46. The molecule has 1 aliphatic heterocycles. The Morgan fingerprint density at radius 3 is 2.14 bits per heavy atom. The second-order valence-electron chi connectivity index (χ2n) is 11.3. The van der Waals surface area contributed by atoms with Gasteiger partial charge in [0.2, 0.25) is 5.91 Å². The molecule has 2 amide bonds. The summed E-state index contributed by atoms with van der Waals surface area (Å²) in [5.41, 5.74) is 5.56. The summed E-state index contributed by atoms with van der Waals surface area (Å²) in [4.78, 5) is 31.0. The van der Waals surface area contributed by atoms with Crippen LogP contribution in [0.5, 0.6) is 0 Å². The van der Waals surface area contributed by atoms with Crippen molar-refractivity contribution in [3.8, 4) is 11.1 Å². The summed E-state index contributed by atoms with van der Waals surface area (Å²) in [6.07, 6.45) is 2.99. The minimum atomic E-state index is -0.163. The molecule has 0 aliphatic carbocycles. The predicted molar refractivity (Wildman–Crippen MR) is 177 cm³/mol. The van der Waals surface area contributed by atoms with Gasteiger partial charge in [0.25, 0.3) is 5.91 Å². The van der Waals surface area contributed by atoms with Crippen LogP contribution in [0.25, 0.3) is 11.1 Å². The maximum Gasteiger partial charge on any atom is 0.256 e. The molecule has 5 rings (SSSR count). The number of carbonyl (C=O) groups is 2. The lowest BCUT2D eigenvalue weighted by Gasteiger charge is -2.39. The third-order valence-electron chi connectivity index (χ3n) is 8.40. The molecule has 222 valence electrons. The Balaban J connectivity index is 1.17. The Morgan fingerprint density at radius 2 is 1.47 bits per heavy atom. The standard InChI is InChI=1S/C37H42N4O2/c1-3-24-38-36(42)35(29-14-8-5-9-15-29)27-41-25-22-32(23-26-41)40(2)31-20-18-30(19-21-31)39-37(43)34-17-11-10-16-33(34)28-12-6-4-7-13-28/h4-21,32,35H,3,22-27H2,1-2H3,(H,38,42)(H,39,43). The molecule has 4 aromatic carbocycles. The molecular formula is C37H42N4O2. The molecular weight excluding hydrogens is 532 g/mol. The minimum absolute atomic E-state index is 0.114. The van der Waals surface area contributed by atoms with E-state index in [4.69, 9.17) is 0 Å². The van der Waals surface area contributed by atoms with Gasteiger partial charge in [0.15, 0.2) is 0 Å². The summed E-state index contributed by atoms with van der Waals surface area (Å²) in [5, 5.41) is 6.18. The first kappa shape index (κ1) is 30.1. The predicted octanol–water partition coefficient (Wildman–Crippen LogP) is 6.82. The van der Waals surface area contributed by atoms with Gasteiger partial charge in [-0.3, -0.25) is 9.59 Å². The number of likely N-dealkylation sites (tertiary alicyclic amines) is 1. The molecule has 6 nitrogen and oxygen atoms in total. The number of benzene rings is 4. The monoisotopic (exact) mass is 574 g/mol. The van der Waals surface area contributed by atoms with Gasteiger partial charge in [0, 0.05) is 56.2 Å². The number of anilines is 2. The normalized spacial score (nSPS) is 14.6. The molecule has 43 heavy (non-hydrogen) atoms. The Kier molecular flexibility index (Phi) is 10.2. The van der Waals surface area contributed by atoms with E-state index in [0.29, 0.717) is 18.2 Å². The molecule has 6 heteroatoms. The lowest BCUT2D eigenvalue weighted by molar-refractivity contribution is -0.123. The lowest BCUT2D eigenvalue weighted by atomic mass is 9.95. The van der Waals surface area contributed by atoms with Gasteiger partial charge in [-0.1, -0.05) is 85.8 Å². The van der Waals surface area contributed by atoms with E-state index in [0.717, 1.165) is 67.0 Å². The maximum atomic E-state index is 13.2. The largest absolute Gasteiger partial charge is 0.372 e. The number of piperidine rings is 1. The molecule has 1 aliphatic rings. The van der Waals surface area contributed by atoms with Crippen molar-refractivity contribution in [2.45, 2.75) is 38.1 Å². The van der Waals surface area contributed by atoms with Crippen LogP contribution in [0.15, 0.2) is 109 Å². The van der Waals surface area contributed by atoms with E-state index in [9.17, 15) is 9.59 Å². The second-order valence-corrected chi connectivity index (χ2v) is 11.3. The fourth-order valence-corrected chi connectivity index (χ4v) is 5.88. The van der Waals surface area contributed by atoms with Crippen LogP contribution in [0.4, 0.5) is 11.4 Å². The SMILES string of the molecule is CCCNC(=O)C(CN1CCC(N(C)c2ccc(NC(=O)c3ccccc3-c3ccccc3)cc2)CC1)c1ccccc1. The molecule has 0 saturated carbocycles. The highest BCUT2D eigenvalue weighted by molar-refractivity contribution is 6.08. The molecule has 2 N–H and O–H groups in total. The van der Waals surface area contributed by atoms with Crippen molar-refractivity contribution in [2.75, 3.05) is 43.4 Å². The molecule has 1 atom stereocenters. The smallest absolute Gasteiger partial charge is 0.256 e. The topological polar surface area (TPSA) is 64.7 Å². The summed E-state index contributed by atoms with van der Waals surface area (Å²) < 4.78 is 0. The quantitative estimate of drug-likeness (QED) is 0.206.